The van der Waals surface area contributed by atoms with Gasteiger partial charge in [0.2, 0.25) is 0 Å². The van der Waals surface area contributed by atoms with Crippen LogP contribution in [-0.2, 0) is 9.53 Å². The van der Waals surface area contributed by atoms with E-state index < -0.39 is 18.5 Å². The Bertz CT molecular complexity index is 347. The zero-order valence-electron chi connectivity index (χ0n) is 7.56. The van der Waals surface area contributed by atoms with Gasteiger partial charge in [0.25, 0.3) is 5.91 Å². The molecule has 0 aliphatic heterocycles. The van der Waals surface area contributed by atoms with E-state index in [9.17, 15) is 9.59 Å². The highest BCUT2D eigenvalue weighted by molar-refractivity contribution is 5.88. The summed E-state index contributed by atoms with van der Waals surface area (Å²) >= 11 is 0. The van der Waals surface area contributed by atoms with Crippen LogP contribution in [0.3, 0.4) is 0 Å². The van der Waals surface area contributed by atoms with Gasteiger partial charge in [-0.2, -0.15) is 0 Å². The minimum Gasteiger partial charge on any atom is -0.451 e. The lowest BCUT2D eigenvalue weighted by atomic mass is 10.4. The van der Waals surface area contributed by atoms with Crippen molar-refractivity contribution < 1.29 is 14.3 Å². The van der Waals surface area contributed by atoms with Crippen molar-refractivity contribution in [1.29, 1.82) is 0 Å². The summed E-state index contributed by atoms with van der Waals surface area (Å²) in [5.74, 6) is -1.42. The van der Waals surface area contributed by atoms with Crippen LogP contribution < -0.4 is 5.73 Å². The van der Waals surface area contributed by atoms with Crippen LogP contribution >= 0.6 is 0 Å². The van der Waals surface area contributed by atoms with Gasteiger partial charge < -0.3 is 10.5 Å². The van der Waals surface area contributed by atoms with Gasteiger partial charge in [0.15, 0.2) is 12.3 Å². The predicted molar refractivity (Wildman–Crippen MR) is 46.2 cm³/mol. The molecule has 0 aliphatic rings. The quantitative estimate of drug-likeness (QED) is 0.651. The molecule has 0 spiro atoms. The number of aromatic nitrogens is 2. The van der Waals surface area contributed by atoms with Gasteiger partial charge in [-0.1, -0.05) is 0 Å². The number of ether oxygens (including phenoxy) is 1. The zero-order valence-corrected chi connectivity index (χ0v) is 7.56. The van der Waals surface area contributed by atoms with Crippen molar-refractivity contribution in [2.45, 2.75) is 6.92 Å². The second-order valence-electron chi connectivity index (χ2n) is 2.59. The van der Waals surface area contributed by atoms with E-state index in [0.29, 0.717) is 5.69 Å². The van der Waals surface area contributed by atoms with E-state index in [0.717, 1.165) is 0 Å². The van der Waals surface area contributed by atoms with Crippen LogP contribution in [-0.4, -0.2) is 28.5 Å². The molecule has 6 nitrogen and oxygen atoms in total. The lowest BCUT2D eigenvalue weighted by molar-refractivity contribution is -0.121. The molecule has 1 heterocycles. The van der Waals surface area contributed by atoms with Crippen LogP contribution in [0.15, 0.2) is 12.4 Å². The van der Waals surface area contributed by atoms with Crippen molar-refractivity contribution in [3.63, 3.8) is 0 Å². The number of amides is 1. The highest BCUT2D eigenvalue weighted by Gasteiger charge is 2.09. The Morgan fingerprint density at radius 1 is 1.43 bits per heavy atom. The summed E-state index contributed by atoms with van der Waals surface area (Å²) in [7, 11) is 0. The van der Waals surface area contributed by atoms with Gasteiger partial charge in [-0.05, 0) is 6.92 Å². The number of hydrogen-bond acceptors (Lipinski definition) is 5. The lowest BCUT2D eigenvalue weighted by Gasteiger charge is -2.00. The summed E-state index contributed by atoms with van der Waals surface area (Å²) in [6, 6.07) is 0. The first kappa shape index (κ1) is 10.1. The molecule has 1 aromatic rings. The molecule has 0 saturated heterocycles. The zero-order chi connectivity index (χ0) is 10.6. The van der Waals surface area contributed by atoms with Crippen LogP contribution in [0.4, 0.5) is 0 Å². The van der Waals surface area contributed by atoms with Gasteiger partial charge in [0, 0.05) is 6.20 Å². The molecule has 6 heteroatoms. The predicted octanol–water partition coefficient (Wildman–Crippen LogP) is -0.573. The Hall–Kier alpha value is -1.98. The molecule has 0 aromatic carbocycles. The number of primary amides is 1. The molecule has 0 unspecified atom stereocenters. The Morgan fingerprint density at radius 3 is 2.64 bits per heavy atom. The van der Waals surface area contributed by atoms with E-state index in [-0.39, 0.29) is 5.69 Å². The van der Waals surface area contributed by atoms with E-state index in [4.69, 9.17) is 5.73 Å². The van der Waals surface area contributed by atoms with Crippen molar-refractivity contribution >= 4 is 11.9 Å². The molecule has 0 radical (unpaired) electrons. The summed E-state index contributed by atoms with van der Waals surface area (Å²) in [4.78, 5) is 29.0. The summed E-state index contributed by atoms with van der Waals surface area (Å²) < 4.78 is 4.51. The Kier molecular flexibility index (Phi) is 3.11. The fourth-order valence-electron chi connectivity index (χ4n) is 0.709. The first-order chi connectivity index (χ1) is 6.59. The van der Waals surface area contributed by atoms with Gasteiger partial charge in [-0.15, -0.1) is 0 Å². The molecule has 74 valence electrons. The summed E-state index contributed by atoms with van der Waals surface area (Å²) in [5.41, 5.74) is 5.53. The minimum atomic E-state index is -0.712. The molecule has 14 heavy (non-hydrogen) atoms. The number of carbonyl (C=O) groups excluding carboxylic acids is 2. The fraction of sp³-hybridized carbons (Fsp3) is 0.250. The molecular weight excluding hydrogens is 186 g/mol. The standard InChI is InChI=1S/C8H9N3O3/c1-5-2-11-6(3-10-5)8(13)14-4-7(9)12/h2-3H,4H2,1H3,(H2,9,12). The first-order valence-corrected chi connectivity index (χ1v) is 3.83. The van der Waals surface area contributed by atoms with Crippen molar-refractivity contribution in [3.05, 3.63) is 23.8 Å². The maximum atomic E-state index is 11.1. The summed E-state index contributed by atoms with van der Waals surface area (Å²) in [6.45, 7) is 1.29. The maximum Gasteiger partial charge on any atom is 0.359 e. The fourth-order valence-corrected chi connectivity index (χ4v) is 0.709. The monoisotopic (exact) mass is 195 g/mol. The molecule has 0 saturated carbocycles. The Morgan fingerprint density at radius 2 is 2.14 bits per heavy atom. The molecule has 0 fully saturated rings. The van der Waals surface area contributed by atoms with Crippen LogP contribution in [0, 0.1) is 6.92 Å². The van der Waals surface area contributed by atoms with E-state index in [1.807, 2.05) is 0 Å². The number of esters is 1. The largest absolute Gasteiger partial charge is 0.451 e. The van der Waals surface area contributed by atoms with Gasteiger partial charge in [0.05, 0.1) is 11.9 Å². The van der Waals surface area contributed by atoms with Crippen molar-refractivity contribution in [1.82, 2.24) is 9.97 Å². The average Bonchev–Trinajstić information content (AvgIpc) is 2.15. The average molecular weight is 195 g/mol. The topological polar surface area (TPSA) is 95.2 Å². The van der Waals surface area contributed by atoms with E-state index in [1.54, 1.807) is 6.92 Å². The number of carbonyl (C=O) groups is 2. The van der Waals surface area contributed by atoms with Crippen molar-refractivity contribution in [2.75, 3.05) is 6.61 Å². The number of nitrogens with zero attached hydrogens (tertiary/aromatic N) is 2. The van der Waals surface area contributed by atoms with E-state index in [1.165, 1.54) is 12.4 Å². The number of nitrogens with two attached hydrogens (primary N) is 1. The van der Waals surface area contributed by atoms with Crippen LogP contribution in [0.5, 0.6) is 0 Å². The van der Waals surface area contributed by atoms with E-state index >= 15 is 0 Å². The minimum absolute atomic E-state index is 0.0526. The highest BCUT2D eigenvalue weighted by atomic mass is 16.5. The summed E-state index contributed by atoms with van der Waals surface area (Å²) in [5, 5.41) is 0. The smallest absolute Gasteiger partial charge is 0.359 e. The first-order valence-electron chi connectivity index (χ1n) is 3.83. The molecule has 1 rings (SSSR count). The van der Waals surface area contributed by atoms with Crippen molar-refractivity contribution in [3.8, 4) is 0 Å². The third-order valence-electron chi connectivity index (χ3n) is 1.34. The van der Waals surface area contributed by atoms with Crippen LogP contribution in [0.1, 0.15) is 16.2 Å². The molecule has 1 aromatic heterocycles. The molecule has 0 atom stereocenters. The SMILES string of the molecule is Cc1cnc(C(=O)OCC(N)=O)cn1. The number of aryl methyl sites for hydroxylation is 1. The molecular formula is C8H9N3O3. The third-order valence-corrected chi connectivity index (χ3v) is 1.34. The number of rotatable bonds is 3. The molecule has 1 amide bonds. The Labute approximate surface area is 80.1 Å². The second-order valence-corrected chi connectivity index (χ2v) is 2.59. The van der Waals surface area contributed by atoms with Gasteiger partial charge in [-0.3, -0.25) is 9.78 Å². The van der Waals surface area contributed by atoms with Crippen LogP contribution in [0.2, 0.25) is 0 Å². The van der Waals surface area contributed by atoms with Crippen LogP contribution in [0.25, 0.3) is 0 Å². The number of hydrogen-bond donors (Lipinski definition) is 1. The van der Waals surface area contributed by atoms with E-state index in [2.05, 4.69) is 14.7 Å². The highest BCUT2D eigenvalue weighted by Crippen LogP contribution is 1.96. The molecule has 2 N–H and O–H groups in total. The van der Waals surface area contributed by atoms with Crippen molar-refractivity contribution in [2.24, 2.45) is 5.73 Å². The normalized spacial score (nSPS) is 9.50. The van der Waals surface area contributed by atoms with Gasteiger partial charge >= 0.3 is 5.97 Å². The Balaban J connectivity index is 2.61. The van der Waals surface area contributed by atoms with Gasteiger partial charge in [0.1, 0.15) is 0 Å². The second kappa shape index (κ2) is 4.31. The lowest BCUT2D eigenvalue weighted by Crippen LogP contribution is -2.21. The molecule has 0 bridgehead atoms. The summed E-state index contributed by atoms with van der Waals surface area (Å²) in [6.07, 6.45) is 2.71. The van der Waals surface area contributed by atoms with Gasteiger partial charge in [-0.25, -0.2) is 9.78 Å². The molecule has 0 aliphatic carbocycles. The maximum absolute atomic E-state index is 11.1. The third kappa shape index (κ3) is 2.81.